The largest absolute Gasteiger partial charge is 0.480 e. The maximum atomic E-state index is 11.5. The van der Waals surface area contributed by atoms with Crippen molar-refractivity contribution in [3.63, 3.8) is 0 Å². The Morgan fingerprint density at radius 1 is 1.50 bits per heavy atom. The number of carboxylic acids is 1. The van der Waals surface area contributed by atoms with Gasteiger partial charge in [0, 0.05) is 5.92 Å². The van der Waals surface area contributed by atoms with Crippen LogP contribution in [-0.2, 0) is 9.59 Å². The fourth-order valence-electron chi connectivity index (χ4n) is 1.45. The summed E-state index contributed by atoms with van der Waals surface area (Å²) in [5.74, 6) is -0.643. The van der Waals surface area contributed by atoms with E-state index in [0.717, 1.165) is 12.8 Å². The quantitative estimate of drug-likeness (QED) is 0.694. The number of nitrogens with one attached hydrogen (secondary N) is 1. The van der Waals surface area contributed by atoms with E-state index in [1.54, 1.807) is 6.92 Å². The molecule has 0 spiro atoms. The lowest BCUT2D eigenvalue weighted by atomic mass is 10.0. The molecule has 4 nitrogen and oxygen atoms in total. The van der Waals surface area contributed by atoms with Gasteiger partial charge in [-0.1, -0.05) is 13.8 Å². The maximum absolute atomic E-state index is 11.5. The van der Waals surface area contributed by atoms with Gasteiger partial charge in [0.1, 0.15) is 6.04 Å². The van der Waals surface area contributed by atoms with Crippen LogP contribution in [0.2, 0.25) is 0 Å². The zero-order valence-corrected chi connectivity index (χ0v) is 8.62. The molecule has 1 rings (SSSR count). The molecule has 1 amide bonds. The van der Waals surface area contributed by atoms with Crippen LogP contribution in [0.1, 0.15) is 33.1 Å². The number of carboxylic acid groups (broad SMARTS) is 1. The number of hydrogen-bond acceptors (Lipinski definition) is 2. The Morgan fingerprint density at radius 2 is 2.07 bits per heavy atom. The third-order valence-corrected chi connectivity index (χ3v) is 2.77. The molecule has 0 heterocycles. The summed E-state index contributed by atoms with van der Waals surface area (Å²) in [7, 11) is 0. The van der Waals surface area contributed by atoms with Crippen molar-refractivity contribution in [1.82, 2.24) is 5.32 Å². The summed E-state index contributed by atoms with van der Waals surface area (Å²) in [5.41, 5.74) is 0. The topological polar surface area (TPSA) is 66.4 Å². The summed E-state index contributed by atoms with van der Waals surface area (Å²) < 4.78 is 0. The predicted molar refractivity (Wildman–Crippen MR) is 51.7 cm³/mol. The minimum Gasteiger partial charge on any atom is -0.480 e. The van der Waals surface area contributed by atoms with E-state index in [-0.39, 0.29) is 11.8 Å². The van der Waals surface area contributed by atoms with Gasteiger partial charge < -0.3 is 10.4 Å². The van der Waals surface area contributed by atoms with Gasteiger partial charge in [0.25, 0.3) is 0 Å². The number of aliphatic carboxylic acids is 1. The van der Waals surface area contributed by atoms with Gasteiger partial charge in [-0.15, -0.1) is 0 Å². The van der Waals surface area contributed by atoms with Crippen LogP contribution in [0.15, 0.2) is 0 Å². The first-order valence-corrected chi connectivity index (χ1v) is 5.09. The van der Waals surface area contributed by atoms with Crippen molar-refractivity contribution in [1.29, 1.82) is 0 Å². The fourth-order valence-corrected chi connectivity index (χ4v) is 1.45. The van der Waals surface area contributed by atoms with Crippen LogP contribution in [0.3, 0.4) is 0 Å². The summed E-state index contributed by atoms with van der Waals surface area (Å²) >= 11 is 0. The molecule has 0 aromatic heterocycles. The Morgan fingerprint density at radius 3 is 2.43 bits per heavy atom. The van der Waals surface area contributed by atoms with Crippen molar-refractivity contribution in [2.24, 2.45) is 11.8 Å². The standard InChI is InChI=1S/C10H17NO3/c1-3-8(10(13)14)11-9(12)6(2)7-4-5-7/h6-8H,3-5H2,1-2H3,(H,11,12)(H,13,14)/t6?,8-/m1/s1. The van der Waals surface area contributed by atoms with Crippen LogP contribution in [0.5, 0.6) is 0 Å². The van der Waals surface area contributed by atoms with Gasteiger partial charge >= 0.3 is 5.97 Å². The van der Waals surface area contributed by atoms with E-state index in [2.05, 4.69) is 5.32 Å². The second-order valence-electron chi connectivity index (χ2n) is 3.93. The van der Waals surface area contributed by atoms with Crippen molar-refractivity contribution in [2.75, 3.05) is 0 Å². The molecule has 2 atom stereocenters. The van der Waals surface area contributed by atoms with Gasteiger partial charge in [-0.05, 0) is 25.2 Å². The molecule has 1 aliphatic carbocycles. The number of amides is 1. The van der Waals surface area contributed by atoms with E-state index in [0.29, 0.717) is 12.3 Å². The minimum atomic E-state index is -0.955. The monoisotopic (exact) mass is 199 g/mol. The molecule has 0 aliphatic heterocycles. The molecule has 0 radical (unpaired) electrons. The van der Waals surface area contributed by atoms with E-state index in [1.807, 2.05) is 6.92 Å². The smallest absolute Gasteiger partial charge is 0.326 e. The molecule has 0 aromatic rings. The Kier molecular flexibility index (Phi) is 3.49. The summed E-state index contributed by atoms with van der Waals surface area (Å²) in [6.07, 6.45) is 2.62. The van der Waals surface area contributed by atoms with E-state index in [9.17, 15) is 9.59 Å². The van der Waals surface area contributed by atoms with Crippen LogP contribution in [-0.4, -0.2) is 23.0 Å². The van der Waals surface area contributed by atoms with Gasteiger partial charge in [-0.3, -0.25) is 4.79 Å². The SMILES string of the molecule is CC[C@@H](NC(=O)C(C)C1CC1)C(=O)O. The average Bonchev–Trinajstić information content (AvgIpc) is 2.95. The highest BCUT2D eigenvalue weighted by Gasteiger charge is 2.33. The molecule has 0 bridgehead atoms. The average molecular weight is 199 g/mol. The van der Waals surface area contributed by atoms with Crippen molar-refractivity contribution >= 4 is 11.9 Å². The second-order valence-corrected chi connectivity index (χ2v) is 3.93. The van der Waals surface area contributed by atoms with Crippen molar-refractivity contribution in [2.45, 2.75) is 39.2 Å². The molecule has 2 N–H and O–H groups in total. The molecule has 1 fully saturated rings. The zero-order chi connectivity index (χ0) is 10.7. The third kappa shape index (κ3) is 2.72. The van der Waals surface area contributed by atoms with Crippen LogP contribution >= 0.6 is 0 Å². The predicted octanol–water partition coefficient (Wildman–Crippen LogP) is 1.01. The second kappa shape index (κ2) is 4.44. The first-order valence-electron chi connectivity index (χ1n) is 5.09. The lowest BCUT2D eigenvalue weighted by molar-refractivity contribution is -0.142. The van der Waals surface area contributed by atoms with Crippen LogP contribution in [0, 0.1) is 11.8 Å². The molecule has 0 aromatic carbocycles. The first-order chi connectivity index (χ1) is 6.56. The van der Waals surface area contributed by atoms with Crippen molar-refractivity contribution in [3.05, 3.63) is 0 Å². The van der Waals surface area contributed by atoms with Crippen LogP contribution in [0.4, 0.5) is 0 Å². The highest BCUT2D eigenvalue weighted by molar-refractivity contribution is 5.85. The normalized spacial score (nSPS) is 19.9. The Balaban J connectivity index is 2.40. The van der Waals surface area contributed by atoms with Crippen molar-refractivity contribution in [3.8, 4) is 0 Å². The lowest BCUT2D eigenvalue weighted by Crippen LogP contribution is -2.43. The van der Waals surface area contributed by atoms with Crippen LogP contribution in [0.25, 0.3) is 0 Å². The molecule has 1 unspecified atom stereocenters. The number of hydrogen-bond donors (Lipinski definition) is 2. The lowest BCUT2D eigenvalue weighted by Gasteiger charge is -2.15. The van der Waals surface area contributed by atoms with E-state index >= 15 is 0 Å². The van der Waals surface area contributed by atoms with E-state index < -0.39 is 12.0 Å². The molecule has 4 heteroatoms. The summed E-state index contributed by atoms with van der Waals surface area (Å²) in [4.78, 5) is 22.2. The molecule has 0 saturated heterocycles. The molecule has 1 saturated carbocycles. The fraction of sp³-hybridized carbons (Fsp3) is 0.800. The van der Waals surface area contributed by atoms with Crippen LogP contribution < -0.4 is 5.32 Å². The third-order valence-electron chi connectivity index (χ3n) is 2.77. The Labute approximate surface area is 83.7 Å². The van der Waals surface area contributed by atoms with Gasteiger partial charge in [-0.25, -0.2) is 4.79 Å². The van der Waals surface area contributed by atoms with Gasteiger partial charge in [0.15, 0.2) is 0 Å². The molecule has 14 heavy (non-hydrogen) atoms. The molecule has 80 valence electrons. The minimum absolute atomic E-state index is 0.0385. The van der Waals surface area contributed by atoms with E-state index in [4.69, 9.17) is 5.11 Å². The maximum Gasteiger partial charge on any atom is 0.326 e. The summed E-state index contributed by atoms with van der Waals surface area (Å²) in [5, 5.41) is 11.3. The number of rotatable bonds is 5. The molecular formula is C10H17NO3. The summed E-state index contributed by atoms with van der Waals surface area (Å²) in [6.45, 7) is 3.61. The number of carbonyl (C=O) groups excluding carboxylic acids is 1. The highest BCUT2D eigenvalue weighted by Crippen LogP contribution is 2.36. The highest BCUT2D eigenvalue weighted by atomic mass is 16.4. The Bertz CT molecular complexity index is 236. The van der Waals surface area contributed by atoms with Gasteiger partial charge in [-0.2, -0.15) is 0 Å². The number of carbonyl (C=O) groups is 2. The van der Waals surface area contributed by atoms with Crippen molar-refractivity contribution < 1.29 is 14.7 Å². The first kappa shape index (κ1) is 11.0. The molecule has 1 aliphatic rings. The Hall–Kier alpha value is -1.06. The molecular weight excluding hydrogens is 182 g/mol. The zero-order valence-electron chi connectivity index (χ0n) is 8.62. The van der Waals surface area contributed by atoms with Gasteiger partial charge in [0.2, 0.25) is 5.91 Å². The van der Waals surface area contributed by atoms with E-state index in [1.165, 1.54) is 0 Å². The summed E-state index contributed by atoms with van der Waals surface area (Å²) in [6, 6.07) is -0.733. The van der Waals surface area contributed by atoms with Gasteiger partial charge in [0.05, 0.1) is 0 Å².